The summed E-state index contributed by atoms with van der Waals surface area (Å²) in [6.45, 7) is 1.26. The number of aromatic amines is 1. The van der Waals surface area contributed by atoms with Crippen molar-refractivity contribution < 1.29 is 4.79 Å². The van der Waals surface area contributed by atoms with Gasteiger partial charge in [-0.25, -0.2) is 4.79 Å². The fourth-order valence-electron chi connectivity index (χ4n) is 4.28. The molecule has 0 aliphatic carbocycles. The van der Waals surface area contributed by atoms with Gasteiger partial charge in [0, 0.05) is 45.8 Å². The third-order valence-corrected chi connectivity index (χ3v) is 6.80. The number of amides is 2. The van der Waals surface area contributed by atoms with Crippen molar-refractivity contribution in [3.63, 3.8) is 0 Å². The van der Waals surface area contributed by atoms with Gasteiger partial charge in [0.15, 0.2) is 0 Å². The van der Waals surface area contributed by atoms with Crippen molar-refractivity contribution in [2.75, 3.05) is 5.32 Å². The van der Waals surface area contributed by atoms with Gasteiger partial charge in [-0.2, -0.15) is 0 Å². The topological polar surface area (TPSA) is 48.1 Å². The van der Waals surface area contributed by atoms with Crippen molar-refractivity contribution in [2.24, 2.45) is 0 Å². The van der Waals surface area contributed by atoms with Gasteiger partial charge in [-0.15, -0.1) is 11.3 Å². The van der Waals surface area contributed by atoms with Crippen LogP contribution in [0.1, 0.15) is 11.1 Å². The fraction of sp³-hybridized carbons (Fsp3) is 0.0800. The van der Waals surface area contributed by atoms with Gasteiger partial charge in [0.2, 0.25) is 0 Å². The van der Waals surface area contributed by atoms with Crippen molar-refractivity contribution in [1.29, 1.82) is 0 Å². The van der Waals surface area contributed by atoms with Crippen molar-refractivity contribution in [3.05, 3.63) is 89.4 Å². The number of aromatic nitrogens is 1. The van der Waals surface area contributed by atoms with Crippen molar-refractivity contribution in [3.8, 4) is 11.1 Å². The number of carbonyl (C=O) groups excluding carboxylic acids is 1. The minimum atomic E-state index is -0.0708. The summed E-state index contributed by atoms with van der Waals surface area (Å²) in [6, 6.07) is 23.0. The third-order valence-electron chi connectivity index (χ3n) is 5.84. The van der Waals surface area contributed by atoms with E-state index in [2.05, 4.69) is 58.1 Å². The Bertz CT molecular complexity index is 1410. The van der Waals surface area contributed by atoms with E-state index in [0.29, 0.717) is 13.1 Å². The first-order chi connectivity index (χ1) is 14.8. The highest BCUT2D eigenvalue weighted by molar-refractivity contribution is 7.17. The van der Waals surface area contributed by atoms with Crippen LogP contribution in [0.4, 0.5) is 10.5 Å². The maximum absolute atomic E-state index is 12.9. The van der Waals surface area contributed by atoms with Crippen LogP contribution in [0.5, 0.6) is 0 Å². The Morgan fingerprint density at radius 2 is 1.73 bits per heavy atom. The van der Waals surface area contributed by atoms with Gasteiger partial charge in [-0.3, -0.25) is 0 Å². The number of nitrogens with one attached hydrogen (secondary N) is 2. The first kappa shape index (κ1) is 17.3. The zero-order valence-corrected chi connectivity index (χ0v) is 17.0. The molecule has 3 aromatic carbocycles. The second-order valence-electron chi connectivity index (χ2n) is 7.66. The number of nitrogens with zero attached hydrogens (tertiary/aromatic N) is 1. The standard InChI is InChI=1S/C25H19N3OS/c29-25(27-23-12-26-22-7-3-1-6-20(22)23)28-13-17-10-9-16(11-18(17)14-28)21-15-30-24-8-4-2-5-19(21)24/h1-12,15,26H,13-14H2,(H,27,29). The summed E-state index contributed by atoms with van der Waals surface area (Å²) in [5, 5.41) is 7.60. The van der Waals surface area contributed by atoms with E-state index in [1.54, 1.807) is 11.3 Å². The predicted molar refractivity (Wildman–Crippen MR) is 124 cm³/mol. The first-order valence-electron chi connectivity index (χ1n) is 9.97. The maximum atomic E-state index is 12.9. The van der Waals surface area contributed by atoms with Crippen molar-refractivity contribution >= 4 is 44.0 Å². The monoisotopic (exact) mass is 409 g/mol. The summed E-state index contributed by atoms with van der Waals surface area (Å²) in [4.78, 5) is 18.0. The van der Waals surface area contributed by atoms with Crippen LogP contribution in [0.25, 0.3) is 32.1 Å². The molecule has 0 saturated heterocycles. The molecule has 0 bridgehead atoms. The summed E-state index contributed by atoms with van der Waals surface area (Å²) < 4.78 is 1.30. The Morgan fingerprint density at radius 3 is 2.67 bits per heavy atom. The molecule has 1 aliphatic rings. The lowest BCUT2D eigenvalue weighted by Gasteiger charge is -2.16. The molecule has 0 atom stereocenters. The normalized spacial score (nSPS) is 13.1. The zero-order valence-electron chi connectivity index (χ0n) is 16.2. The molecule has 0 unspecified atom stereocenters. The third kappa shape index (κ3) is 2.78. The number of thiophene rings is 1. The lowest BCUT2D eigenvalue weighted by atomic mass is 10.0. The zero-order chi connectivity index (χ0) is 20.1. The number of H-pyrrole nitrogens is 1. The van der Waals surface area contributed by atoms with Gasteiger partial charge in [0.05, 0.1) is 5.69 Å². The molecule has 5 heteroatoms. The number of benzene rings is 3. The summed E-state index contributed by atoms with van der Waals surface area (Å²) in [6.07, 6.45) is 1.85. The summed E-state index contributed by atoms with van der Waals surface area (Å²) in [5.41, 5.74) is 6.75. The highest BCUT2D eigenvalue weighted by Gasteiger charge is 2.24. The number of anilines is 1. The average molecular weight is 410 g/mol. The number of carbonyl (C=O) groups is 1. The molecule has 6 rings (SSSR count). The summed E-state index contributed by atoms with van der Waals surface area (Å²) in [5.74, 6) is 0. The molecule has 0 radical (unpaired) electrons. The number of urea groups is 1. The predicted octanol–water partition coefficient (Wildman–Crippen LogP) is 6.60. The van der Waals surface area contributed by atoms with Crippen LogP contribution in [-0.2, 0) is 13.1 Å². The van der Waals surface area contributed by atoms with Crippen molar-refractivity contribution in [1.82, 2.24) is 9.88 Å². The lowest BCUT2D eigenvalue weighted by Crippen LogP contribution is -2.30. The first-order valence-corrected chi connectivity index (χ1v) is 10.8. The fourth-order valence-corrected chi connectivity index (χ4v) is 5.25. The molecule has 0 fully saturated rings. The highest BCUT2D eigenvalue weighted by Crippen LogP contribution is 2.36. The van der Waals surface area contributed by atoms with E-state index in [-0.39, 0.29) is 6.03 Å². The molecule has 3 heterocycles. The minimum Gasteiger partial charge on any atom is -0.359 e. The molecule has 30 heavy (non-hydrogen) atoms. The van der Waals surface area contributed by atoms with Crippen LogP contribution in [-0.4, -0.2) is 15.9 Å². The quantitative estimate of drug-likeness (QED) is 0.339. The van der Waals surface area contributed by atoms with Gasteiger partial charge in [0.1, 0.15) is 0 Å². The van der Waals surface area contributed by atoms with E-state index in [9.17, 15) is 4.79 Å². The number of fused-ring (bicyclic) bond motifs is 3. The smallest absolute Gasteiger partial charge is 0.322 e. The lowest BCUT2D eigenvalue weighted by molar-refractivity contribution is 0.212. The van der Waals surface area contributed by atoms with E-state index in [4.69, 9.17) is 0 Å². The summed E-state index contributed by atoms with van der Waals surface area (Å²) in [7, 11) is 0. The van der Waals surface area contributed by atoms with E-state index >= 15 is 0 Å². The van der Waals surface area contributed by atoms with Gasteiger partial charge in [-0.05, 0) is 40.3 Å². The Balaban J connectivity index is 1.25. The number of hydrogen-bond donors (Lipinski definition) is 2. The Morgan fingerprint density at radius 1 is 0.933 bits per heavy atom. The SMILES string of the molecule is O=C(Nc1c[nH]c2ccccc12)N1Cc2ccc(-c3csc4ccccc34)cc2C1. The molecular weight excluding hydrogens is 390 g/mol. The van der Waals surface area contributed by atoms with Gasteiger partial charge in [0.25, 0.3) is 0 Å². The Hall–Kier alpha value is -3.57. The molecule has 0 saturated carbocycles. The molecular formula is C25H19N3OS. The van der Waals surface area contributed by atoms with Crippen LogP contribution in [0.3, 0.4) is 0 Å². The second kappa shape index (κ2) is 6.75. The Labute approximate surface area is 177 Å². The molecule has 1 aliphatic heterocycles. The van der Waals surface area contributed by atoms with E-state index < -0.39 is 0 Å². The summed E-state index contributed by atoms with van der Waals surface area (Å²) >= 11 is 1.77. The molecule has 2 N–H and O–H groups in total. The highest BCUT2D eigenvalue weighted by atomic mass is 32.1. The Kier molecular flexibility index (Phi) is 3.89. The maximum Gasteiger partial charge on any atom is 0.322 e. The molecule has 2 aromatic heterocycles. The van der Waals surface area contributed by atoms with E-state index in [0.717, 1.165) is 16.6 Å². The molecule has 0 spiro atoms. The molecule has 4 nitrogen and oxygen atoms in total. The minimum absolute atomic E-state index is 0.0708. The van der Waals surface area contributed by atoms with Crippen LogP contribution in [0.15, 0.2) is 78.3 Å². The van der Waals surface area contributed by atoms with E-state index in [1.165, 1.54) is 32.3 Å². The van der Waals surface area contributed by atoms with Crippen LogP contribution in [0, 0.1) is 0 Å². The van der Waals surface area contributed by atoms with Crippen LogP contribution >= 0.6 is 11.3 Å². The second-order valence-corrected chi connectivity index (χ2v) is 8.57. The van der Waals surface area contributed by atoms with Crippen molar-refractivity contribution in [2.45, 2.75) is 13.1 Å². The molecule has 2 amide bonds. The largest absolute Gasteiger partial charge is 0.359 e. The molecule has 5 aromatic rings. The van der Waals surface area contributed by atoms with Crippen LogP contribution < -0.4 is 5.32 Å². The average Bonchev–Trinajstić information content (AvgIpc) is 3.50. The molecule has 146 valence electrons. The number of para-hydroxylation sites is 1. The van der Waals surface area contributed by atoms with Crippen LogP contribution in [0.2, 0.25) is 0 Å². The van der Waals surface area contributed by atoms with Gasteiger partial charge in [-0.1, -0.05) is 48.5 Å². The van der Waals surface area contributed by atoms with Gasteiger partial charge < -0.3 is 15.2 Å². The number of hydrogen-bond acceptors (Lipinski definition) is 2. The van der Waals surface area contributed by atoms with Gasteiger partial charge >= 0.3 is 6.03 Å². The number of rotatable bonds is 2. The van der Waals surface area contributed by atoms with E-state index in [1.807, 2.05) is 35.4 Å².